The second-order valence-electron chi connectivity index (χ2n) is 8.74. The monoisotopic (exact) mass is 460 g/mol. The lowest BCUT2D eigenvalue weighted by molar-refractivity contribution is 0.331. The average molecular weight is 461 g/mol. The number of aryl methyl sites for hydroxylation is 1. The van der Waals surface area contributed by atoms with Gasteiger partial charge in [0.2, 0.25) is 20.0 Å². The Morgan fingerprint density at radius 1 is 1.30 bits per heavy atom. The van der Waals surface area contributed by atoms with Gasteiger partial charge >= 0.3 is 0 Å². The van der Waals surface area contributed by atoms with Crippen molar-refractivity contribution in [3.05, 3.63) is 17.8 Å². The number of nitrogens with one attached hydrogen (secondary N) is 2. The lowest BCUT2D eigenvalue weighted by Crippen LogP contribution is -2.40. The molecule has 0 amide bonds. The SMILES string of the molecule is Cc1ccc(S(=O)(=O)NCC2CC3(CC3)S(=O)(=O)N2)c(N2CCC(CCF)CC2)n1. The zero-order chi connectivity index (χ0) is 21.6. The molecule has 168 valence electrons. The molecule has 3 fully saturated rings. The Kier molecular flexibility index (Phi) is 5.84. The Hall–Kier alpha value is -1.30. The zero-order valence-electron chi connectivity index (χ0n) is 17.1. The molecular formula is C19H29FN4O4S2. The minimum absolute atomic E-state index is 0.00913. The Morgan fingerprint density at radius 3 is 2.60 bits per heavy atom. The van der Waals surface area contributed by atoms with E-state index in [-0.39, 0.29) is 18.1 Å². The van der Waals surface area contributed by atoms with Gasteiger partial charge in [0, 0.05) is 31.4 Å². The summed E-state index contributed by atoms with van der Waals surface area (Å²) in [4.78, 5) is 6.54. The van der Waals surface area contributed by atoms with E-state index in [9.17, 15) is 21.2 Å². The number of piperidine rings is 1. The van der Waals surface area contributed by atoms with Crippen LogP contribution < -0.4 is 14.3 Å². The summed E-state index contributed by atoms with van der Waals surface area (Å²) in [6, 6.07) is 2.77. The molecule has 0 aromatic carbocycles. The molecule has 1 spiro atoms. The maximum Gasteiger partial charge on any atom is 0.244 e. The number of nitrogens with zero attached hydrogens (tertiary/aromatic N) is 2. The van der Waals surface area contributed by atoms with Crippen LogP contribution in [0.15, 0.2) is 17.0 Å². The molecule has 0 bridgehead atoms. The molecule has 1 aromatic heterocycles. The molecule has 1 atom stereocenters. The lowest BCUT2D eigenvalue weighted by atomic mass is 9.94. The van der Waals surface area contributed by atoms with Crippen LogP contribution in [0, 0.1) is 12.8 Å². The molecule has 3 aliphatic rings. The summed E-state index contributed by atoms with van der Waals surface area (Å²) in [5.41, 5.74) is 0.717. The normalized spacial score (nSPS) is 25.7. The van der Waals surface area contributed by atoms with Crippen molar-refractivity contribution < 1.29 is 21.2 Å². The van der Waals surface area contributed by atoms with Crippen LogP contribution in [0.1, 0.15) is 44.2 Å². The highest BCUT2D eigenvalue weighted by Crippen LogP contribution is 2.50. The highest BCUT2D eigenvalue weighted by molar-refractivity contribution is 7.91. The minimum atomic E-state index is -3.87. The molecule has 1 saturated carbocycles. The summed E-state index contributed by atoms with van der Waals surface area (Å²) in [7, 11) is -7.24. The predicted molar refractivity (Wildman–Crippen MR) is 112 cm³/mol. The molecular weight excluding hydrogens is 431 g/mol. The van der Waals surface area contributed by atoms with Crippen molar-refractivity contribution in [1.29, 1.82) is 0 Å². The van der Waals surface area contributed by atoms with Crippen molar-refractivity contribution in [1.82, 2.24) is 14.4 Å². The van der Waals surface area contributed by atoms with Gasteiger partial charge < -0.3 is 4.90 Å². The highest BCUT2D eigenvalue weighted by Gasteiger charge is 2.60. The average Bonchev–Trinajstić information content (AvgIpc) is 3.43. The van der Waals surface area contributed by atoms with Crippen LogP contribution in [0.2, 0.25) is 0 Å². The standard InChI is InChI=1S/C19H29FN4O4S2/c1-14-2-3-17(18(22-14)24-10-5-15(4-9-20)6-11-24)29(25,26)21-13-16-12-19(7-8-19)30(27,28)23-16/h2-3,15-16,21,23H,4-13H2,1H3. The van der Waals surface area contributed by atoms with Gasteiger partial charge in [-0.15, -0.1) is 0 Å². The fraction of sp³-hybridized carbons (Fsp3) is 0.737. The van der Waals surface area contributed by atoms with Gasteiger partial charge in [0.1, 0.15) is 10.7 Å². The van der Waals surface area contributed by atoms with E-state index in [2.05, 4.69) is 14.4 Å². The molecule has 11 heteroatoms. The van der Waals surface area contributed by atoms with E-state index < -0.39 is 30.8 Å². The molecule has 4 rings (SSSR count). The van der Waals surface area contributed by atoms with E-state index in [0.717, 1.165) is 12.8 Å². The largest absolute Gasteiger partial charge is 0.355 e. The number of anilines is 1. The summed E-state index contributed by atoms with van der Waals surface area (Å²) in [6.45, 7) is 2.76. The molecule has 30 heavy (non-hydrogen) atoms. The van der Waals surface area contributed by atoms with Gasteiger partial charge in [0.25, 0.3) is 0 Å². The third kappa shape index (κ3) is 4.21. The van der Waals surface area contributed by atoms with Gasteiger partial charge in [-0.05, 0) is 63.5 Å². The first-order chi connectivity index (χ1) is 14.2. The summed E-state index contributed by atoms with van der Waals surface area (Å²) < 4.78 is 67.6. The van der Waals surface area contributed by atoms with Gasteiger partial charge in [-0.1, -0.05) is 0 Å². The van der Waals surface area contributed by atoms with E-state index in [1.165, 1.54) is 0 Å². The fourth-order valence-corrected chi connectivity index (χ4v) is 7.67. The van der Waals surface area contributed by atoms with Gasteiger partial charge in [-0.2, -0.15) is 0 Å². The van der Waals surface area contributed by atoms with E-state index >= 15 is 0 Å². The summed E-state index contributed by atoms with van der Waals surface area (Å²) in [5.74, 6) is 0.728. The topological polar surface area (TPSA) is 108 Å². The van der Waals surface area contributed by atoms with Crippen LogP contribution in [-0.2, 0) is 20.0 Å². The Bertz CT molecular complexity index is 1000. The summed E-state index contributed by atoms with van der Waals surface area (Å²) >= 11 is 0. The third-order valence-electron chi connectivity index (χ3n) is 6.54. The minimum Gasteiger partial charge on any atom is -0.355 e. The quantitative estimate of drug-likeness (QED) is 0.638. The number of halogens is 1. The van der Waals surface area contributed by atoms with Crippen LogP contribution in [0.5, 0.6) is 0 Å². The van der Waals surface area contributed by atoms with Crippen LogP contribution in [-0.4, -0.2) is 58.9 Å². The molecule has 1 unspecified atom stereocenters. The van der Waals surface area contributed by atoms with E-state index in [1.807, 2.05) is 11.8 Å². The molecule has 3 heterocycles. The van der Waals surface area contributed by atoms with Crippen molar-refractivity contribution in [2.45, 2.75) is 61.1 Å². The van der Waals surface area contributed by atoms with Crippen molar-refractivity contribution in [3.8, 4) is 0 Å². The third-order valence-corrected chi connectivity index (χ3v) is 10.3. The molecule has 1 aliphatic carbocycles. The van der Waals surface area contributed by atoms with Crippen LogP contribution in [0.3, 0.4) is 0 Å². The van der Waals surface area contributed by atoms with E-state index in [1.54, 1.807) is 12.1 Å². The van der Waals surface area contributed by atoms with Gasteiger partial charge in [0.15, 0.2) is 0 Å². The maximum absolute atomic E-state index is 13.1. The number of alkyl halides is 1. The number of pyridine rings is 1. The molecule has 0 radical (unpaired) electrons. The smallest absolute Gasteiger partial charge is 0.244 e. The second kappa shape index (κ2) is 7.99. The molecule has 8 nitrogen and oxygen atoms in total. The number of hydrogen-bond acceptors (Lipinski definition) is 6. The molecule has 2 aliphatic heterocycles. The van der Waals surface area contributed by atoms with Crippen LogP contribution >= 0.6 is 0 Å². The van der Waals surface area contributed by atoms with Crippen molar-refractivity contribution in [2.24, 2.45) is 5.92 Å². The Balaban J connectivity index is 1.48. The van der Waals surface area contributed by atoms with Crippen molar-refractivity contribution in [2.75, 3.05) is 31.2 Å². The molecule has 2 N–H and O–H groups in total. The lowest BCUT2D eigenvalue weighted by Gasteiger charge is -2.33. The van der Waals surface area contributed by atoms with Gasteiger partial charge in [0.05, 0.1) is 11.4 Å². The van der Waals surface area contributed by atoms with Gasteiger partial charge in [-0.3, -0.25) is 4.39 Å². The first-order valence-corrected chi connectivity index (χ1v) is 13.4. The Labute approximate surface area is 177 Å². The Morgan fingerprint density at radius 2 is 2.00 bits per heavy atom. The van der Waals surface area contributed by atoms with E-state index in [0.29, 0.717) is 56.2 Å². The van der Waals surface area contributed by atoms with Gasteiger partial charge in [-0.25, -0.2) is 31.3 Å². The predicted octanol–water partition coefficient (Wildman–Crippen LogP) is 1.47. The molecule has 1 aromatic rings. The number of hydrogen-bond donors (Lipinski definition) is 2. The van der Waals surface area contributed by atoms with Crippen LogP contribution in [0.4, 0.5) is 10.2 Å². The zero-order valence-corrected chi connectivity index (χ0v) is 18.7. The fourth-order valence-electron chi connectivity index (χ4n) is 4.51. The number of aromatic nitrogens is 1. The van der Waals surface area contributed by atoms with Crippen molar-refractivity contribution in [3.63, 3.8) is 0 Å². The first kappa shape index (κ1) is 21.9. The summed E-state index contributed by atoms with van der Waals surface area (Å²) in [6.07, 6.45) is 3.85. The highest BCUT2D eigenvalue weighted by atomic mass is 32.2. The maximum atomic E-state index is 13.1. The molecule has 2 saturated heterocycles. The first-order valence-electron chi connectivity index (χ1n) is 10.5. The second-order valence-corrected chi connectivity index (χ2v) is 12.6. The number of sulfonamides is 2. The van der Waals surface area contributed by atoms with Crippen molar-refractivity contribution >= 4 is 25.9 Å². The summed E-state index contributed by atoms with van der Waals surface area (Å²) in [5, 5.41) is 0. The van der Waals surface area contributed by atoms with E-state index in [4.69, 9.17) is 0 Å². The number of rotatable bonds is 7. The van der Waals surface area contributed by atoms with Crippen LogP contribution in [0.25, 0.3) is 0 Å².